The summed E-state index contributed by atoms with van der Waals surface area (Å²) in [6, 6.07) is 10.8. The van der Waals surface area contributed by atoms with Gasteiger partial charge in [0, 0.05) is 49.3 Å². The summed E-state index contributed by atoms with van der Waals surface area (Å²) in [5, 5.41) is 1.24. The van der Waals surface area contributed by atoms with E-state index in [4.69, 9.17) is 4.74 Å². The van der Waals surface area contributed by atoms with Crippen LogP contribution in [0, 0.1) is 0 Å². The number of nitrogens with zero attached hydrogens (tertiary/aromatic N) is 2. The summed E-state index contributed by atoms with van der Waals surface area (Å²) in [6.45, 7) is 4.60. The van der Waals surface area contributed by atoms with Gasteiger partial charge in [-0.05, 0) is 34.7 Å². The first-order chi connectivity index (χ1) is 10.9. The quantitative estimate of drug-likeness (QED) is 0.807. The molecule has 0 radical (unpaired) electrons. The van der Waals surface area contributed by atoms with Gasteiger partial charge in [-0.1, -0.05) is 12.1 Å². The number of hydrogen-bond donors (Lipinski definition) is 1. The molecule has 112 valence electrons. The number of ether oxygens (including phenoxy) is 1. The molecule has 2 aromatic heterocycles. The van der Waals surface area contributed by atoms with Crippen LogP contribution in [0.15, 0.2) is 48.9 Å². The minimum atomic E-state index is 0.830. The molecule has 0 unspecified atom stereocenters. The molecule has 1 saturated heterocycles. The highest BCUT2D eigenvalue weighted by molar-refractivity contribution is 5.84. The Balaban J connectivity index is 1.60. The fraction of sp³-hybridized carbons (Fsp3) is 0.278. The predicted octanol–water partition coefficient (Wildman–Crippen LogP) is 3.06. The zero-order chi connectivity index (χ0) is 14.8. The van der Waals surface area contributed by atoms with E-state index in [-0.39, 0.29) is 0 Å². The smallest absolute Gasteiger partial charge is 0.0594 e. The van der Waals surface area contributed by atoms with E-state index >= 15 is 0 Å². The Morgan fingerprint density at radius 1 is 1.05 bits per heavy atom. The van der Waals surface area contributed by atoms with Crippen LogP contribution in [0.2, 0.25) is 0 Å². The maximum absolute atomic E-state index is 5.40. The minimum Gasteiger partial charge on any atom is -0.379 e. The first-order valence-electron chi connectivity index (χ1n) is 7.70. The van der Waals surface area contributed by atoms with E-state index in [1.807, 2.05) is 18.6 Å². The lowest BCUT2D eigenvalue weighted by atomic mass is 10.0. The molecule has 4 nitrogen and oxygen atoms in total. The van der Waals surface area contributed by atoms with Crippen LogP contribution in [-0.2, 0) is 11.3 Å². The number of benzene rings is 1. The molecular formula is C18H19N3O. The monoisotopic (exact) mass is 293 g/mol. The van der Waals surface area contributed by atoms with Crippen molar-refractivity contribution in [1.82, 2.24) is 14.9 Å². The van der Waals surface area contributed by atoms with Gasteiger partial charge in [0.05, 0.1) is 13.2 Å². The summed E-state index contributed by atoms with van der Waals surface area (Å²) in [5.74, 6) is 0. The van der Waals surface area contributed by atoms with Crippen LogP contribution in [0.3, 0.4) is 0 Å². The molecule has 0 spiro atoms. The number of pyridine rings is 1. The van der Waals surface area contributed by atoms with Gasteiger partial charge in [-0.15, -0.1) is 0 Å². The van der Waals surface area contributed by atoms with E-state index in [2.05, 4.69) is 45.2 Å². The fourth-order valence-corrected chi connectivity index (χ4v) is 2.98. The summed E-state index contributed by atoms with van der Waals surface area (Å²) in [5.41, 5.74) is 4.79. The summed E-state index contributed by atoms with van der Waals surface area (Å²) >= 11 is 0. The number of morpholine rings is 1. The summed E-state index contributed by atoms with van der Waals surface area (Å²) in [6.07, 6.45) is 5.88. The van der Waals surface area contributed by atoms with Gasteiger partial charge in [-0.2, -0.15) is 0 Å². The Kier molecular flexibility index (Phi) is 3.62. The molecule has 4 rings (SSSR count). The number of aromatic nitrogens is 2. The molecule has 0 atom stereocenters. The van der Waals surface area contributed by atoms with Crippen LogP contribution < -0.4 is 0 Å². The van der Waals surface area contributed by atoms with Crippen molar-refractivity contribution in [1.29, 1.82) is 0 Å². The standard InChI is InChI=1S/C18H19N3O/c1-2-16(10-18-15(1)3-4-20-18)17-9-14(11-19-12-17)13-21-5-7-22-8-6-21/h1-4,9-12,20H,5-8,13H2. The van der Waals surface area contributed by atoms with Crippen molar-refractivity contribution in [2.45, 2.75) is 6.54 Å². The average molecular weight is 293 g/mol. The Hall–Kier alpha value is -2.17. The Labute approximate surface area is 129 Å². The maximum Gasteiger partial charge on any atom is 0.0594 e. The van der Waals surface area contributed by atoms with E-state index in [0.29, 0.717) is 0 Å². The molecule has 1 fully saturated rings. The number of nitrogens with one attached hydrogen (secondary N) is 1. The molecule has 3 aromatic rings. The van der Waals surface area contributed by atoms with E-state index in [0.717, 1.165) is 38.4 Å². The highest BCUT2D eigenvalue weighted by atomic mass is 16.5. The van der Waals surface area contributed by atoms with Gasteiger partial charge in [-0.3, -0.25) is 9.88 Å². The Morgan fingerprint density at radius 3 is 2.86 bits per heavy atom. The molecule has 0 bridgehead atoms. The van der Waals surface area contributed by atoms with Gasteiger partial charge in [0.2, 0.25) is 0 Å². The number of hydrogen-bond acceptors (Lipinski definition) is 3. The minimum absolute atomic E-state index is 0.830. The van der Waals surface area contributed by atoms with Gasteiger partial charge in [0.15, 0.2) is 0 Å². The first-order valence-corrected chi connectivity index (χ1v) is 7.70. The lowest BCUT2D eigenvalue weighted by Crippen LogP contribution is -2.35. The van der Waals surface area contributed by atoms with Crippen LogP contribution in [-0.4, -0.2) is 41.2 Å². The van der Waals surface area contributed by atoms with Crippen LogP contribution in [0.4, 0.5) is 0 Å². The predicted molar refractivity (Wildman–Crippen MR) is 87.6 cm³/mol. The molecule has 3 heterocycles. The van der Waals surface area contributed by atoms with Gasteiger partial charge >= 0.3 is 0 Å². The van der Waals surface area contributed by atoms with Gasteiger partial charge < -0.3 is 9.72 Å². The average Bonchev–Trinajstić information content (AvgIpc) is 3.04. The van der Waals surface area contributed by atoms with Crippen molar-refractivity contribution in [2.24, 2.45) is 0 Å². The molecule has 22 heavy (non-hydrogen) atoms. The molecule has 1 aliphatic rings. The van der Waals surface area contributed by atoms with Crippen molar-refractivity contribution in [3.8, 4) is 11.1 Å². The second kappa shape index (κ2) is 5.91. The van der Waals surface area contributed by atoms with Crippen LogP contribution in [0.1, 0.15) is 5.56 Å². The van der Waals surface area contributed by atoms with E-state index in [1.165, 1.54) is 22.1 Å². The normalized spacial score (nSPS) is 16.2. The third kappa shape index (κ3) is 2.75. The molecule has 0 aliphatic carbocycles. The molecular weight excluding hydrogens is 274 g/mol. The van der Waals surface area contributed by atoms with Crippen molar-refractivity contribution >= 4 is 10.9 Å². The summed E-state index contributed by atoms with van der Waals surface area (Å²) in [4.78, 5) is 10.1. The first kappa shape index (κ1) is 13.5. The number of fused-ring (bicyclic) bond motifs is 1. The Bertz CT molecular complexity index is 775. The van der Waals surface area contributed by atoms with Gasteiger partial charge in [0.25, 0.3) is 0 Å². The maximum atomic E-state index is 5.40. The lowest BCUT2D eigenvalue weighted by molar-refractivity contribution is 0.0341. The molecule has 1 N–H and O–H groups in total. The van der Waals surface area contributed by atoms with E-state index in [1.54, 1.807) is 0 Å². The molecule has 1 aromatic carbocycles. The SMILES string of the molecule is c1cc2ccc(-c3cncc(CN4CCOCC4)c3)cc2[nH]1. The van der Waals surface area contributed by atoms with Crippen molar-refractivity contribution in [2.75, 3.05) is 26.3 Å². The highest BCUT2D eigenvalue weighted by Gasteiger charge is 2.11. The zero-order valence-electron chi connectivity index (χ0n) is 12.5. The molecule has 4 heteroatoms. The van der Waals surface area contributed by atoms with Crippen molar-refractivity contribution < 1.29 is 4.74 Å². The molecule has 0 amide bonds. The van der Waals surface area contributed by atoms with E-state index < -0.39 is 0 Å². The van der Waals surface area contributed by atoms with Crippen LogP contribution >= 0.6 is 0 Å². The highest BCUT2D eigenvalue weighted by Crippen LogP contribution is 2.24. The third-order valence-electron chi connectivity index (χ3n) is 4.19. The summed E-state index contributed by atoms with van der Waals surface area (Å²) in [7, 11) is 0. The summed E-state index contributed by atoms with van der Waals surface area (Å²) < 4.78 is 5.40. The van der Waals surface area contributed by atoms with Crippen LogP contribution in [0.25, 0.3) is 22.0 Å². The molecule has 1 aliphatic heterocycles. The van der Waals surface area contributed by atoms with Crippen molar-refractivity contribution in [3.63, 3.8) is 0 Å². The largest absolute Gasteiger partial charge is 0.379 e. The van der Waals surface area contributed by atoms with Gasteiger partial charge in [-0.25, -0.2) is 0 Å². The second-order valence-corrected chi connectivity index (χ2v) is 5.75. The number of aromatic amines is 1. The second-order valence-electron chi connectivity index (χ2n) is 5.75. The number of rotatable bonds is 3. The lowest BCUT2D eigenvalue weighted by Gasteiger charge is -2.26. The van der Waals surface area contributed by atoms with Gasteiger partial charge in [0.1, 0.15) is 0 Å². The van der Waals surface area contributed by atoms with Crippen molar-refractivity contribution in [3.05, 3.63) is 54.5 Å². The number of H-pyrrole nitrogens is 1. The third-order valence-corrected chi connectivity index (χ3v) is 4.19. The Morgan fingerprint density at radius 2 is 1.95 bits per heavy atom. The topological polar surface area (TPSA) is 41.2 Å². The van der Waals surface area contributed by atoms with E-state index in [9.17, 15) is 0 Å². The molecule has 0 saturated carbocycles. The zero-order valence-corrected chi connectivity index (χ0v) is 12.5. The fourth-order valence-electron chi connectivity index (χ4n) is 2.98. The van der Waals surface area contributed by atoms with Crippen LogP contribution in [0.5, 0.6) is 0 Å².